The largest absolute Gasteiger partial charge is 0.517 e. The van der Waals surface area contributed by atoms with Crippen LogP contribution in [0, 0.1) is 6.92 Å². The van der Waals surface area contributed by atoms with Crippen molar-refractivity contribution in [1.29, 1.82) is 0 Å². The van der Waals surface area contributed by atoms with Crippen molar-refractivity contribution in [3.8, 4) is 27.7 Å². The number of carbonyl (C=O) groups excluding carboxylic acids is 1. The van der Waals surface area contributed by atoms with Crippen molar-refractivity contribution in [2.45, 2.75) is 53.0 Å². The van der Waals surface area contributed by atoms with Gasteiger partial charge in [0.05, 0.1) is 5.69 Å². The second-order valence-electron chi connectivity index (χ2n) is 7.36. The van der Waals surface area contributed by atoms with E-state index in [1.54, 1.807) is 35.3 Å². The van der Waals surface area contributed by atoms with Crippen molar-refractivity contribution in [1.82, 2.24) is 14.3 Å². The highest BCUT2D eigenvalue weighted by Gasteiger charge is 2.30. The molecule has 0 saturated heterocycles. The van der Waals surface area contributed by atoms with Crippen molar-refractivity contribution in [2.75, 3.05) is 6.61 Å². The van der Waals surface area contributed by atoms with Gasteiger partial charge in [-0.2, -0.15) is 0 Å². The summed E-state index contributed by atoms with van der Waals surface area (Å²) in [5.74, 6) is 0.152. The van der Waals surface area contributed by atoms with Crippen LogP contribution in [-0.4, -0.2) is 33.4 Å². The van der Waals surface area contributed by atoms with Gasteiger partial charge in [0.2, 0.25) is 12.2 Å². The third-order valence-corrected chi connectivity index (χ3v) is 6.42. The average molecular weight is 478 g/mol. The van der Waals surface area contributed by atoms with Gasteiger partial charge in [-0.3, -0.25) is 9.48 Å². The van der Waals surface area contributed by atoms with E-state index >= 15 is 0 Å². The molecular formula is C22H24ClN3O5S. The molecule has 4 rings (SSSR count). The molecule has 0 bridgehead atoms. The molecule has 32 heavy (non-hydrogen) atoms. The SMILES string of the molecule is CCOC(C)OC(=O)Oc1c(-c2nc(-c3ccc(Cl)cc3)sc2C)c(=O)n2n1CCCC2. The topological polar surface area (TPSA) is 84.6 Å². The van der Waals surface area contributed by atoms with Gasteiger partial charge in [-0.25, -0.2) is 14.5 Å². The van der Waals surface area contributed by atoms with Crippen LogP contribution >= 0.6 is 22.9 Å². The van der Waals surface area contributed by atoms with Gasteiger partial charge in [-0.15, -0.1) is 11.3 Å². The monoisotopic (exact) mass is 477 g/mol. The first-order valence-corrected chi connectivity index (χ1v) is 11.7. The lowest BCUT2D eigenvalue weighted by Gasteiger charge is -2.19. The molecule has 3 heterocycles. The lowest BCUT2D eigenvalue weighted by molar-refractivity contribution is -0.0985. The normalized spacial score (nSPS) is 14.1. The predicted molar refractivity (Wildman–Crippen MR) is 122 cm³/mol. The molecular weight excluding hydrogens is 454 g/mol. The minimum atomic E-state index is -0.926. The zero-order chi connectivity index (χ0) is 22.8. The Morgan fingerprint density at radius 2 is 1.91 bits per heavy atom. The fraction of sp³-hybridized carbons (Fsp3) is 0.409. The van der Waals surface area contributed by atoms with E-state index in [9.17, 15) is 9.59 Å². The molecule has 1 aliphatic heterocycles. The predicted octanol–water partition coefficient (Wildman–Crippen LogP) is 5.09. The summed E-state index contributed by atoms with van der Waals surface area (Å²) in [6.45, 7) is 6.81. The first-order valence-electron chi connectivity index (χ1n) is 10.5. The van der Waals surface area contributed by atoms with E-state index in [2.05, 4.69) is 0 Å². The summed E-state index contributed by atoms with van der Waals surface area (Å²) < 4.78 is 19.3. The maximum absolute atomic E-state index is 13.3. The summed E-state index contributed by atoms with van der Waals surface area (Å²) in [6.07, 6.45) is 0.0641. The van der Waals surface area contributed by atoms with E-state index in [0.29, 0.717) is 30.4 Å². The van der Waals surface area contributed by atoms with Crippen LogP contribution in [0.4, 0.5) is 4.79 Å². The minimum absolute atomic E-state index is 0.152. The van der Waals surface area contributed by atoms with Gasteiger partial charge >= 0.3 is 6.16 Å². The third-order valence-electron chi connectivity index (χ3n) is 5.15. The molecule has 2 aromatic heterocycles. The van der Waals surface area contributed by atoms with Gasteiger partial charge in [-0.05, 0) is 45.7 Å². The second-order valence-corrected chi connectivity index (χ2v) is 9.00. The molecule has 3 aromatic rings. The summed E-state index contributed by atoms with van der Waals surface area (Å²) in [5.41, 5.74) is 1.42. The summed E-state index contributed by atoms with van der Waals surface area (Å²) in [4.78, 5) is 31.3. The number of fused-ring (bicyclic) bond motifs is 1. The molecule has 0 aliphatic carbocycles. The molecule has 0 fully saturated rings. The van der Waals surface area contributed by atoms with Gasteiger partial charge < -0.3 is 14.2 Å². The van der Waals surface area contributed by atoms with Crippen molar-refractivity contribution in [2.24, 2.45) is 0 Å². The number of hydrogen-bond donors (Lipinski definition) is 0. The van der Waals surface area contributed by atoms with Crippen molar-refractivity contribution in [3.05, 3.63) is 44.5 Å². The number of rotatable bonds is 6. The number of aryl methyl sites for hydroxylation is 1. The smallest absolute Gasteiger partial charge is 0.404 e. The fourth-order valence-electron chi connectivity index (χ4n) is 3.69. The number of carbonyl (C=O) groups is 1. The average Bonchev–Trinajstić information content (AvgIpc) is 3.26. The van der Waals surface area contributed by atoms with Gasteiger partial charge in [0.15, 0.2) is 0 Å². The number of ether oxygens (including phenoxy) is 3. The number of aromatic nitrogens is 3. The van der Waals surface area contributed by atoms with Crippen LogP contribution in [0.15, 0.2) is 29.1 Å². The van der Waals surface area contributed by atoms with Crippen LogP contribution < -0.4 is 10.3 Å². The van der Waals surface area contributed by atoms with E-state index in [4.69, 9.17) is 30.8 Å². The fourth-order valence-corrected chi connectivity index (χ4v) is 4.75. The molecule has 0 amide bonds. The quantitative estimate of drug-likeness (QED) is 0.363. The Labute approximate surface area is 194 Å². The first-order chi connectivity index (χ1) is 15.4. The van der Waals surface area contributed by atoms with Crippen LogP contribution in [0.2, 0.25) is 5.02 Å². The number of benzene rings is 1. The molecule has 1 aliphatic rings. The summed E-state index contributed by atoms with van der Waals surface area (Å²) in [6, 6.07) is 7.35. The van der Waals surface area contributed by atoms with Gasteiger partial charge in [0, 0.05) is 35.2 Å². The van der Waals surface area contributed by atoms with E-state index in [1.807, 2.05) is 19.1 Å². The van der Waals surface area contributed by atoms with Crippen LogP contribution in [0.3, 0.4) is 0 Å². The highest BCUT2D eigenvalue weighted by atomic mass is 35.5. The second kappa shape index (κ2) is 9.48. The van der Waals surface area contributed by atoms with Crippen LogP contribution in [-0.2, 0) is 22.6 Å². The third kappa shape index (κ3) is 4.46. The summed E-state index contributed by atoms with van der Waals surface area (Å²) >= 11 is 7.47. The molecule has 0 saturated carbocycles. The molecule has 0 N–H and O–H groups in total. The Bertz CT molecular complexity index is 1180. The molecule has 0 radical (unpaired) electrons. The van der Waals surface area contributed by atoms with Crippen LogP contribution in [0.25, 0.3) is 21.8 Å². The maximum Gasteiger partial charge on any atom is 0.517 e. The highest BCUT2D eigenvalue weighted by Crippen LogP contribution is 2.37. The molecule has 0 spiro atoms. The van der Waals surface area contributed by atoms with Crippen molar-refractivity contribution < 1.29 is 19.0 Å². The number of hydrogen-bond acceptors (Lipinski definition) is 7. The van der Waals surface area contributed by atoms with E-state index in [1.165, 1.54) is 11.3 Å². The standard InChI is InChI=1S/C22H24ClN3O5S/c1-4-29-14(3)30-22(28)31-21-17(20(27)25-11-5-6-12-26(21)25)18-13(2)32-19(24-18)15-7-9-16(23)10-8-15/h7-10,14H,4-6,11-12H2,1-3H3. The summed E-state index contributed by atoms with van der Waals surface area (Å²) in [5, 5.41) is 1.39. The highest BCUT2D eigenvalue weighted by molar-refractivity contribution is 7.15. The van der Waals surface area contributed by atoms with Gasteiger partial charge in [-0.1, -0.05) is 23.7 Å². The summed E-state index contributed by atoms with van der Waals surface area (Å²) in [7, 11) is 0. The zero-order valence-corrected chi connectivity index (χ0v) is 19.7. The lowest BCUT2D eigenvalue weighted by Crippen LogP contribution is -2.28. The minimum Gasteiger partial charge on any atom is -0.404 e. The molecule has 10 heteroatoms. The first kappa shape index (κ1) is 22.6. The van der Waals surface area contributed by atoms with Crippen molar-refractivity contribution >= 4 is 29.1 Å². The maximum atomic E-state index is 13.3. The van der Waals surface area contributed by atoms with Crippen molar-refractivity contribution in [3.63, 3.8) is 0 Å². The molecule has 1 unspecified atom stereocenters. The van der Waals surface area contributed by atoms with Crippen LogP contribution in [0.1, 0.15) is 31.6 Å². The Hall–Kier alpha value is -2.62. The number of halogens is 1. The van der Waals surface area contributed by atoms with E-state index in [-0.39, 0.29) is 17.0 Å². The molecule has 170 valence electrons. The molecule has 1 atom stereocenters. The van der Waals surface area contributed by atoms with E-state index in [0.717, 1.165) is 28.3 Å². The Morgan fingerprint density at radius 1 is 1.22 bits per heavy atom. The zero-order valence-electron chi connectivity index (χ0n) is 18.1. The van der Waals surface area contributed by atoms with Gasteiger partial charge in [0.25, 0.3) is 5.56 Å². The Balaban J connectivity index is 1.76. The Morgan fingerprint density at radius 3 is 2.59 bits per heavy atom. The number of thiazole rings is 1. The lowest BCUT2D eigenvalue weighted by atomic mass is 10.2. The molecule has 1 aromatic carbocycles. The van der Waals surface area contributed by atoms with Gasteiger partial charge in [0.1, 0.15) is 10.6 Å². The van der Waals surface area contributed by atoms with Crippen LogP contribution in [0.5, 0.6) is 5.88 Å². The molecule has 8 nitrogen and oxygen atoms in total. The van der Waals surface area contributed by atoms with E-state index < -0.39 is 12.4 Å². The number of nitrogens with zero attached hydrogens (tertiary/aromatic N) is 3. The Kier molecular flexibility index (Phi) is 6.68.